The molecule has 11 nitrogen and oxygen atoms in total. The Morgan fingerprint density at radius 3 is 2.41 bits per heavy atom. The van der Waals surface area contributed by atoms with Crippen LogP contribution in [0.25, 0.3) is 11.1 Å². The second-order valence-electron chi connectivity index (χ2n) is 11.3. The highest BCUT2D eigenvalue weighted by atomic mass is 19.4. The number of alkyl halides is 3. The maximum absolute atomic E-state index is 14.6. The fraction of sp³-hybridized carbons (Fsp3) is 0.414. The zero-order valence-corrected chi connectivity index (χ0v) is 24.0. The number of allylic oxidation sites excluding steroid dienone is 4. The molecular weight excluding hydrogens is 590 g/mol. The van der Waals surface area contributed by atoms with Gasteiger partial charge >= 0.3 is 18.0 Å². The van der Waals surface area contributed by atoms with Gasteiger partial charge in [-0.25, -0.2) is 14.0 Å². The minimum absolute atomic E-state index is 0.0264. The minimum Gasteiger partial charge on any atom is -0.408 e. The van der Waals surface area contributed by atoms with Gasteiger partial charge in [-0.1, -0.05) is 26.0 Å². The second-order valence-corrected chi connectivity index (χ2v) is 11.3. The summed E-state index contributed by atoms with van der Waals surface area (Å²) in [5.41, 5.74) is -2.03. The lowest BCUT2D eigenvalue weighted by atomic mass is 9.85. The van der Waals surface area contributed by atoms with Crippen molar-refractivity contribution in [3.8, 4) is 0 Å². The van der Waals surface area contributed by atoms with E-state index in [0.29, 0.717) is 23.4 Å². The van der Waals surface area contributed by atoms with E-state index in [1.165, 1.54) is 22.9 Å². The zero-order chi connectivity index (χ0) is 32.1. The fourth-order valence-corrected chi connectivity index (χ4v) is 5.77. The molecule has 2 aliphatic heterocycles. The molecule has 5 rings (SSSR count). The molecular formula is C29H29F4N5O6. The van der Waals surface area contributed by atoms with Crippen molar-refractivity contribution in [3.63, 3.8) is 0 Å². The monoisotopic (exact) mass is 619 g/mol. The number of piperidine rings is 1. The first kappa shape index (κ1) is 30.8. The van der Waals surface area contributed by atoms with Gasteiger partial charge in [-0.2, -0.15) is 13.2 Å². The Bertz CT molecular complexity index is 1690. The summed E-state index contributed by atoms with van der Waals surface area (Å²) in [6.07, 6.45) is -3.33. The Morgan fingerprint density at radius 2 is 1.77 bits per heavy atom. The average Bonchev–Trinajstić information content (AvgIpc) is 3.31. The SMILES string of the molecule is CC(C)C(NC(=O)C1=CCC(C(F)(F)F)=CC=C1F)C(=O)N1CCC2(CC1)C(=O)N(C)C(=O)N2c1ccc2[nH]c(=O)oc2c1. The van der Waals surface area contributed by atoms with Gasteiger partial charge in [0.2, 0.25) is 5.91 Å². The Morgan fingerprint density at radius 1 is 1.09 bits per heavy atom. The van der Waals surface area contributed by atoms with E-state index < -0.39 is 76.6 Å². The molecule has 1 aromatic carbocycles. The van der Waals surface area contributed by atoms with Crippen LogP contribution in [0.4, 0.5) is 28.0 Å². The Kier molecular flexibility index (Phi) is 7.76. The minimum atomic E-state index is -4.69. The molecule has 3 aliphatic rings. The average molecular weight is 620 g/mol. The normalized spacial score (nSPS) is 19.7. The van der Waals surface area contributed by atoms with E-state index in [-0.39, 0.29) is 31.5 Å². The molecule has 5 amide bonds. The van der Waals surface area contributed by atoms with Gasteiger partial charge in [-0.05, 0) is 43.4 Å². The van der Waals surface area contributed by atoms with Crippen molar-refractivity contribution < 1.29 is 41.2 Å². The maximum Gasteiger partial charge on any atom is 0.417 e. The van der Waals surface area contributed by atoms with Crippen LogP contribution in [-0.2, 0) is 14.4 Å². The summed E-state index contributed by atoms with van der Waals surface area (Å²) < 4.78 is 59.0. The Hall–Kier alpha value is -4.69. The molecule has 1 spiro atoms. The number of hydrogen-bond acceptors (Lipinski definition) is 6. The standard InChI is InChI=1S/C29H29F4N5O6/c1-15(2)22(35-23(39)18-7-4-16(29(31,32)33)5-8-19(18)30)24(40)37-12-10-28(11-13-37)25(41)36(3)27(43)38(28)17-6-9-20-21(14-17)44-26(42)34-20/h5-9,14-15,22H,4,10-13H2,1-3H3,(H,34,42)(H,35,39). The number of likely N-dealkylation sites (N-methyl/N-ethyl adjacent to an activating group) is 1. The van der Waals surface area contributed by atoms with Crippen molar-refractivity contribution >= 4 is 40.5 Å². The van der Waals surface area contributed by atoms with Gasteiger partial charge < -0.3 is 14.6 Å². The highest BCUT2D eigenvalue weighted by Crippen LogP contribution is 2.41. The number of aromatic nitrogens is 1. The predicted molar refractivity (Wildman–Crippen MR) is 149 cm³/mol. The van der Waals surface area contributed by atoms with E-state index >= 15 is 0 Å². The molecule has 1 atom stereocenters. The van der Waals surface area contributed by atoms with Gasteiger partial charge in [0.15, 0.2) is 5.58 Å². The number of nitrogens with one attached hydrogen (secondary N) is 2. The first-order valence-corrected chi connectivity index (χ1v) is 13.8. The third kappa shape index (κ3) is 5.30. The van der Waals surface area contributed by atoms with E-state index in [1.54, 1.807) is 26.0 Å². The zero-order valence-electron chi connectivity index (χ0n) is 24.0. The Balaban J connectivity index is 1.33. The molecule has 0 radical (unpaired) electrons. The number of oxazole rings is 1. The number of carbonyl (C=O) groups excluding carboxylic acids is 4. The number of likely N-dealkylation sites (tertiary alicyclic amines) is 1. The lowest BCUT2D eigenvalue weighted by Gasteiger charge is -2.43. The van der Waals surface area contributed by atoms with Crippen LogP contribution in [0.1, 0.15) is 33.1 Å². The van der Waals surface area contributed by atoms with Gasteiger partial charge in [-0.3, -0.25) is 29.2 Å². The number of H-pyrrole nitrogens is 1. The molecule has 2 N–H and O–H groups in total. The molecule has 2 aromatic rings. The lowest BCUT2D eigenvalue weighted by molar-refractivity contribution is -0.140. The third-order valence-corrected chi connectivity index (χ3v) is 8.22. The second kappa shape index (κ2) is 11.1. The summed E-state index contributed by atoms with van der Waals surface area (Å²) in [5.74, 6) is -4.35. The van der Waals surface area contributed by atoms with Crippen LogP contribution >= 0.6 is 0 Å². The Labute approximate surface area is 247 Å². The molecule has 15 heteroatoms. The smallest absolute Gasteiger partial charge is 0.408 e. The van der Waals surface area contributed by atoms with E-state index in [0.717, 1.165) is 11.0 Å². The van der Waals surface area contributed by atoms with Crippen LogP contribution in [0.3, 0.4) is 0 Å². The van der Waals surface area contributed by atoms with Gasteiger partial charge in [-0.15, -0.1) is 0 Å². The summed E-state index contributed by atoms with van der Waals surface area (Å²) >= 11 is 0. The number of rotatable bonds is 5. The van der Waals surface area contributed by atoms with Gasteiger partial charge in [0.1, 0.15) is 17.4 Å². The number of amides is 5. The number of urea groups is 1. The number of fused-ring (bicyclic) bond motifs is 1. The molecule has 1 unspecified atom stereocenters. The lowest BCUT2D eigenvalue weighted by Crippen LogP contribution is -2.60. The van der Waals surface area contributed by atoms with Crippen molar-refractivity contribution in [1.82, 2.24) is 20.1 Å². The van der Waals surface area contributed by atoms with Crippen molar-refractivity contribution in [2.24, 2.45) is 5.92 Å². The van der Waals surface area contributed by atoms with Crippen molar-refractivity contribution in [2.75, 3.05) is 25.0 Å². The molecule has 234 valence electrons. The summed E-state index contributed by atoms with van der Waals surface area (Å²) in [6.45, 7) is 3.35. The number of benzene rings is 1. The van der Waals surface area contributed by atoms with Crippen molar-refractivity contribution in [3.05, 3.63) is 64.0 Å². The maximum atomic E-state index is 14.6. The summed E-state index contributed by atoms with van der Waals surface area (Å²) in [6, 6.07) is 2.86. The van der Waals surface area contributed by atoms with E-state index in [4.69, 9.17) is 4.42 Å². The topological polar surface area (TPSA) is 136 Å². The molecule has 0 saturated carbocycles. The van der Waals surface area contributed by atoms with Crippen molar-refractivity contribution in [1.29, 1.82) is 0 Å². The van der Waals surface area contributed by atoms with E-state index in [9.17, 15) is 41.5 Å². The molecule has 44 heavy (non-hydrogen) atoms. The van der Waals surface area contributed by atoms with Gasteiger partial charge in [0.25, 0.3) is 11.8 Å². The number of imide groups is 1. The van der Waals surface area contributed by atoms with Crippen LogP contribution in [0.5, 0.6) is 0 Å². The van der Waals surface area contributed by atoms with Crippen molar-refractivity contribution in [2.45, 2.75) is 50.9 Å². The van der Waals surface area contributed by atoms with Crippen LogP contribution in [-0.4, -0.2) is 76.4 Å². The predicted octanol–water partition coefficient (Wildman–Crippen LogP) is 3.69. The quantitative estimate of drug-likeness (QED) is 0.387. The molecule has 0 bridgehead atoms. The number of anilines is 1. The number of carbonyl (C=O) groups is 4. The summed E-state index contributed by atoms with van der Waals surface area (Å²) in [7, 11) is 1.35. The summed E-state index contributed by atoms with van der Waals surface area (Å²) in [5, 5.41) is 2.47. The van der Waals surface area contributed by atoms with Crippen LogP contribution in [0.2, 0.25) is 0 Å². The first-order chi connectivity index (χ1) is 20.6. The van der Waals surface area contributed by atoms with Gasteiger partial charge in [0, 0.05) is 31.8 Å². The van der Waals surface area contributed by atoms with Gasteiger partial charge in [0.05, 0.1) is 16.8 Å². The highest BCUT2D eigenvalue weighted by Gasteiger charge is 2.58. The number of hydrogen-bond donors (Lipinski definition) is 2. The van der Waals surface area contributed by atoms with Crippen LogP contribution < -0.4 is 16.0 Å². The van der Waals surface area contributed by atoms with E-state index in [2.05, 4.69) is 10.3 Å². The van der Waals surface area contributed by atoms with Crippen LogP contribution in [0.15, 0.2) is 62.6 Å². The van der Waals surface area contributed by atoms with Crippen LogP contribution in [0, 0.1) is 5.92 Å². The molecule has 1 aliphatic carbocycles. The third-order valence-electron chi connectivity index (χ3n) is 8.22. The van der Waals surface area contributed by atoms with E-state index in [1.807, 2.05) is 0 Å². The molecule has 3 heterocycles. The molecule has 2 fully saturated rings. The fourth-order valence-electron chi connectivity index (χ4n) is 5.77. The number of aromatic amines is 1. The summed E-state index contributed by atoms with van der Waals surface area (Å²) in [4.78, 5) is 71.1. The first-order valence-electron chi connectivity index (χ1n) is 13.8. The largest absolute Gasteiger partial charge is 0.417 e. The molecule has 2 saturated heterocycles. The number of halogens is 4. The molecule has 1 aromatic heterocycles. The highest BCUT2D eigenvalue weighted by molar-refractivity contribution is 6.17. The number of nitrogens with zero attached hydrogens (tertiary/aromatic N) is 3.